The third-order valence-corrected chi connectivity index (χ3v) is 2.67. The summed E-state index contributed by atoms with van der Waals surface area (Å²) in [6.07, 6.45) is 1.45. The van der Waals surface area contributed by atoms with Gasteiger partial charge in [-0.2, -0.15) is 0 Å². The molecule has 0 saturated carbocycles. The molecule has 1 atom stereocenters. The first-order valence-corrected chi connectivity index (χ1v) is 5.73. The Morgan fingerprint density at radius 1 is 1.50 bits per heavy atom. The molecule has 5 nitrogen and oxygen atoms in total. The normalized spacial score (nSPS) is 26.7. The molecule has 1 aliphatic rings. The fourth-order valence-electron chi connectivity index (χ4n) is 1.81. The van der Waals surface area contributed by atoms with Crippen LogP contribution in [0.4, 0.5) is 4.79 Å². The predicted octanol–water partition coefficient (Wildman–Crippen LogP) is 0.674. The summed E-state index contributed by atoms with van der Waals surface area (Å²) in [5.74, 6) is 0. The summed E-state index contributed by atoms with van der Waals surface area (Å²) in [6, 6.07) is 0. The Balaban J connectivity index is 2.57. The van der Waals surface area contributed by atoms with Gasteiger partial charge in [-0.15, -0.1) is 0 Å². The van der Waals surface area contributed by atoms with Gasteiger partial charge in [-0.1, -0.05) is 0 Å². The predicted molar refractivity (Wildman–Crippen MR) is 63.0 cm³/mol. The van der Waals surface area contributed by atoms with Crippen molar-refractivity contribution in [2.75, 3.05) is 19.6 Å². The number of carbonyl (C=O) groups excluding carboxylic acids is 1. The molecule has 0 aromatic heterocycles. The summed E-state index contributed by atoms with van der Waals surface area (Å²) < 4.78 is 5.31. The molecule has 0 bridgehead atoms. The van der Waals surface area contributed by atoms with Gasteiger partial charge in [-0.05, 0) is 33.6 Å². The number of piperidine rings is 1. The number of amides is 1. The van der Waals surface area contributed by atoms with E-state index in [0.29, 0.717) is 19.6 Å². The molecule has 1 saturated heterocycles. The lowest BCUT2D eigenvalue weighted by Crippen LogP contribution is -2.60. The van der Waals surface area contributed by atoms with Gasteiger partial charge >= 0.3 is 6.09 Å². The van der Waals surface area contributed by atoms with E-state index in [0.717, 1.165) is 12.8 Å². The van der Waals surface area contributed by atoms with E-state index < -0.39 is 11.1 Å². The van der Waals surface area contributed by atoms with E-state index in [4.69, 9.17) is 16.2 Å². The van der Waals surface area contributed by atoms with Crippen molar-refractivity contribution in [1.82, 2.24) is 4.90 Å². The first kappa shape index (κ1) is 13.3. The summed E-state index contributed by atoms with van der Waals surface area (Å²) in [5, 5.41) is 0. The van der Waals surface area contributed by atoms with E-state index in [1.807, 2.05) is 20.8 Å². The van der Waals surface area contributed by atoms with E-state index in [2.05, 4.69) is 0 Å². The fraction of sp³-hybridized carbons (Fsp3) is 0.909. The third-order valence-electron chi connectivity index (χ3n) is 2.67. The second-order valence-corrected chi connectivity index (χ2v) is 5.57. The number of ether oxygens (including phenoxy) is 1. The first-order valence-electron chi connectivity index (χ1n) is 5.73. The van der Waals surface area contributed by atoms with Gasteiger partial charge in [0.05, 0.1) is 0 Å². The number of hydrogen-bond acceptors (Lipinski definition) is 4. The van der Waals surface area contributed by atoms with Gasteiger partial charge in [-0.3, -0.25) is 0 Å². The van der Waals surface area contributed by atoms with Crippen molar-refractivity contribution < 1.29 is 9.53 Å². The molecule has 0 aromatic carbocycles. The molecule has 1 fully saturated rings. The zero-order chi connectivity index (χ0) is 12.4. The van der Waals surface area contributed by atoms with Crippen molar-refractivity contribution in [2.45, 2.75) is 44.8 Å². The molecule has 0 aromatic rings. The van der Waals surface area contributed by atoms with Gasteiger partial charge in [-0.25, -0.2) is 4.79 Å². The van der Waals surface area contributed by atoms with Gasteiger partial charge in [0.1, 0.15) is 5.60 Å². The van der Waals surface area contributed by atoms with Gasteiger partial charge in [0.25, 0.3) is 0 Å². The number of rotatable bonds is 1. The van der Waals surface area contributed by atoms with Gasteiger partial charge in [0.15, 0.2) is 0 Å². The molecule has 1 heterocycles. The van der Waals surface area contributed by atoms with Crippen LogP contribution < -0.4 is 11.5 Å². The quantitative estimate of drug-likeness (QED) is 0.692. The van der Waals surface area contributed by atoms with E-state index in [1.54, 1.807) is 4.90 Å². The summed E-state index contributed by atoms with van der Waals surface area (Å²) in [4.78, 5) is 13.5. The number of carbonyl (C=O) groups is 1. The van der Waals surface area contributed by atoms with E-state index in [-0.39, 0.29) is 6.09 Å². The minimum absolute atomic E-state index is 0.296. The van der Waals surface area contributed by atoms with E-state index in [1.165, 1.54) is 0 Å². The lowest BCUT2D eigenvalue weighted by molar-refractivity contribution is 0.0146. The summed E-state index contributed by atoms with van der Waals surface area (Å²) >= 11 is 0. The average molecular weight is 229 g/mol. The van der Waals surface area contributed by atoms with Crippen LogP contribution in [0.25, 0.3) is 0 Å². The Hall–Kier alpha value is -0.810. The zero-order valence-corrected chi connectivity index (χ0v) is 10.5. The van der Waals surface area contributed by atoms with Crippen LogP contribution in [-0.4, -0.2) is 41.8 Å². The summed E-state index contributed by atoms with van der Waals surface area (Å²) in [7, 11) is 0. The van der Waals surface area contributed by atoms with Crippen molar-refractivity contribution in [3.8, 4) is 0 Å². The van der Waals surface area contributed by atoms with Gasteiger partial charge in [0, 0.05) is 25.2 Å². The fourth-order valence-corrected chi connectivity index (χ4v) is 1.81. The van der Waals surface area contributed by atoms with Crippen LogP contribution in [0.5, 0.6) is 0 Å². The third kappa shape index (κ3) is 3.64. The summed E-state index contributed by atoms with van der Waals surface area (Å²) in [5.41, 5.74) is 10.8. The van der Waals surface area contributed by atoms with Crippen LogP contribution >= 0.6 is 0 Å². The molecule has 0 aliphatic carbocycles. The Kier molecular flexibility index (Phi) is 3.80. The average Bonchev–Trinajstić information content (AvgIpc) is 2.15. The lowest BCUT2D eigenvalue weighted by atomic mass is 9.90. The smallest absolute Gasteiger partial charge is 0.410 e. The standard InChI is InChI=1S/C11H23N3O2/c1-10(2,3)16-9(15)14-6-4-5-11(13,7-12)8-14/h4-8,12-13H2,1-3H3. The van der Waals surface area contributed by atoms with Crippen molar-refractivity contribution in [3.05, 3.63) is 0 Å². The SMILES string of the molecule is CC(C)(C)OC(=O)N1CCCC(N)(CN)C1. The van der Waals surface area contributed by atoms with Crippen LogP contribution in [0.15, 0.2) is 0 Å². The Labute approximate surface area is 97.1 Å². The molecule has 4 N–H and O–H groups in total. The van der Waals surface area contributed by atoms with Crippen LogP contribution in [0.2, 0.25) is 0 Å². The highest BCUT2D eigenvalue weighted by Crippen LogP contribution is 2.20. The molecule has 1 aliphatic heterocycles. The van der Waals surface area contributed by atoms with Crippen LogP contribution in [-0.2, 0) is 4.74 Å². The topological polar surface area (TPSA) is 81.6 Å². The molecular weight excluding hydrogens is 206 g/mol. The van der Waals surface area contributed by atoms with Crippen molar-refractivity contribution >= 4 is 6.09 Å². The number of likely N-dealkylation sites (tertiary alicyclic amines) is 1. The second-order valence-electron chi connectivity index (χ2n) is 5.57. The number of nitrogens with zero attached hydrogens (tertiary/aromatic N) is 1. The van der Waals surface area contributed by atoms with E-state index in [9.17, 15) is 4.79 Å². The van der Waals surface area contributed by atoms with Crippen molar-refractivity contribution in [2.24, 2.45) is 11.5 Å². The highest BCUT2D eigenvalue weighted by molar-refractivity contribution is 5.68. The van der Waals surface area contributed by atoms with Crippen LogP contribution in [0.3, 0.4) is 0 Å². The minimum atomic E-state index is -0.464. The first-order chi connectivity index (χ1) is 7.26. The molecule has 0 spiro atoms. The summed E-state index contributed by atoms with van der Waals surface area (Å²) in [6.45, 7) is 7.15. The Bertz CT molecular complexity index is 262. The molecule has 1 rings (SSSR count). The molecule has 1 unspecified atom stereocenters. The maximum Gasteiger partial charge on any atom is 0.410 e. The molecular formula is C11H23N3O2. The minimum Gasteiger partial charge on any atom is -0.444 e. The largest absolute Gasteiger partial charge is 0.444 e. The maximum atomic E-state index is 11.8. The highest BCUT2D eigenvalue weighted by atomic mass is 16.6. The monoisotopic (exact) mass is 229 g/mol. The zero-order valence-electron chi connectivity index (χ0n) is 10.5. The molecule has 94 valence electrons. The maximum absolute atomic E-state index is 11.8. The Morgan fingerprint density at radius 3 is 2.62 bits per heavy atom. The number of hydrogen-bond donors (Lipinski definition) is 2. The van der Waals surface area contributed by atoms with Crippen molar-refractivity contribution in [1.29, 1.82) is 0 Å². The van der Waals surface area contributed by atoms with Gasteiger partial charge < -0.3 is 21.1 Å². The van der Waals surface area contributed by atoms with Crippen LogP contribution in [0.1, 0.15) is 33.6 Å². The molecule has 16 heavy (non-hydrogen) atoms. The van der Waals surface area contributed by atoms with Crippen molar-refractivity contribution in [3.63, 3.8) is 0 Å². The lowest BCUT2D eigenvalue weighted by Gasteiger charge is -2.39. The number of nitrogens with two attached hydrogens (primary N) is 2. The van der Waals surface area contributed by atoms with Gasteiger partial charge in [0.2, 0.25) is 0 Å². The molecule has 5 heteroatoms. The molecule has 0 radical (unpaired) electrons. The van der Waals surface area contributed by atoms with E-state index >= 15 is 0 Å². The molecule has 1 amide bonds. The highest BCUT2D eigenvalue weighted by Gasteiger charge is 2.34. The Morgan fingerprint density at radius 2 is 2.12 bits per heavy atom. The second kappa shape index (κ2) is 4.59. The van der Waals surface area contributed by atoms with Crippen LogP contribution in [0, 0.1) is 0 Å².